The quantitative estimate of drug-likeness (QED) is 0.149. The lowest BCUT2D eigenvalue weighted by Crippen LogP contribution is -2.24. The molecule has 0 amide bonds. The molecule has 0 saturated heterocycles. The third kappa shape index (κ3) is 3.94. The van der Waals surface area contributed by atoms with Crippen molar-refractivity contribution in [3.63, 3.8) is 0 Å². The van der Waals surface area contributed by atoms with Crippen LogP contribution in [0.25, 0.3) is 10.6 Å². The number of aromatic nitrogens is 2. The molecule has 3 heterocycles. The van der Waals surface area contributed by atoms with Crippen molar-refractivity contribution in [2.24, 2.45) is 0 Å². The average Bonchev–Trinajstić information content (AvgIpc) is 3.24. The van der Waals surface area contributed by atoms with E-state index in [0.717, 1.165) is 44.0 Å². The van der Waals surface area contributed by atoms with Crippen molar-refractivity contribution in [1.29, 1.82) is 0 Å². The fraction of sp³-hybridized carbons (Fsp3) is 0.222. The van der Waals surface area contributed by atoms with Crippen molar-refractivity contribution in [2.45, 2.75) is 24.9 Å². The zero-order chi connectivity index (χ0) is 19.8. The minimum absolute atomic E-state index is 0.187. The Kier molecular flexibility index (Phi) is 6.23. The maximum Gasteiger partial charge on any atom is 0.161 e. The smallest absolute Gasteiger partial charge is 0.161 e. The molecule has 0 spiro atoms. The van der Waals surface area contributed by atoms with Crippen LogP contribution in [0.5, 0.6) is 0 Å². The molecule has 2 N–H and O–H groups in total. The number of rotatable bonds is 5. The van der Waals surface area contributed by atoms with Crippen molar-refractivity contribution in [3.8, 4) is 10.6 Å². The Morgan fingerprint density at radius 3 is 2.82 bits per heavy atom. The molecule has 0 bridgehead atoms. The number of nitrogens with one attached hydrogen (secondary N) is 2. The first kappa shape index (κ1) is 20.5. The summed E-state index contributed by atoms with van der Waals surface area (Å²) in [6.07, 6.45) is 2.85. The Balaban J connectivity index is 1.70. The van der Waals surface area contributed by atoms with Crippen molar-refractivity contribution < 1.29 is 0 Å². The Hall–Kier alpha value is -0.800. The first-order chi connectivity index (χ1) is 13.5. The highest BCUT2D eigenvalue weighted by Gasteiger charge is 2.29. The second-order valence-electron chi connectivity index (χ2n) is 6.30. The van der Waals surface area contributed by atoms with Crippen molar-refractivity contribution >= 4 is 86.0 Å². The standard InChI is InChI=1S/C18H18ClIN5PS2/c1-9-8-28-18(21-9)11-4-5-12(14(6-11)27-3)23-13-7-15(19)24-17-16(13)22-10(2)25(17)26-20/h4-8,10,22,26H,1-3H3,(H,23,24). The lowest BCUT2D eigenvalue weighted by atomic mass is 10.2. The van der Waals surface area contributed by atoms with Crippen molar-refractivity contribution in [3.05, 3.63) is 40.5 Å². The third-order valence-electron chi connectivity index (χ3n) is 4.37. The van der Waals surface area contributed by atoms with Gasteiger partial charge in [0.1, 0.15) is 22.0 Å². The van der Waals surface area contributed by atoms with Gasteiger partial charge in [-0.3, -0.25) is 0 Å². The Morgan fingerprint density at radius 1 is 1.32 bits per heavy atom. The number of pyridine rings is 1. The number of hydrogen-bond donors (Lipinski definition) is 2. The Morgan fingerprint density at radius 2 is 2.14 bits per heavy atom. The molecule has 0 fully saturated rings. The minimum atomic E-state index is 0.187. The van der Waals surface area contributed by atoms with E-state index >= 15 is 0 Å². The molecule has 2 unspecified atom stereocenters. The van der Waals surface area contributed by atoms with Gasteiger partial charge in [0.2, 0.25) is 0 Å². The van der Waals surface area contributed by atoms with E-state index in [2.05, 4.69) is 84.1 Å². The van der Waals surface area contributed by atoms with Crippen LogP contribution in [0.2, 0.25) is 5.15 Å². The lowest BCUT2D eigenvalue weighted by molar-refractivity contribution is 0.886. The predicted octanol–water partition coefficient (Wildman–Crippen LogP) is 7.15. The first-order valence-corrected chi connectivity index (χ1v) is 15.0. The van der Waals surface area contributed by atoms with E-state index in [0.29, 0.717) is 11.5 Å². The number of thiazole rings is 1. The molecule has 10 heteroatoms. The highest BCUT2D eigenvalue weighted by Crippen LogP contribution is 2.48. The van der Waals surface area contributed by atoms with E-state index in [1.807, 2.05) is 13.0 Å². The van der Waals surface area contributed by atoms with Crippen LogP contribution in [0.3, 0.4) is 0 Å². The monoisotopic (exact) mass is 561 g/mol. The number of aryl methyl sites for hydroxylation is 1. The second kappa shape index (κ2) is 8.52. The van der Waals surface area contributed by atoms with E-state index in [9.17, 15) is 0 Å². The van der Waals surface area contributed by atoms with Gasteiger partial charge in [-0.15, -0.1) is 23.1 Å². The van der Waals surface area contributed by atoms with Crippen molar-refractivity contribution in [2.75, 3.05) is 21.6 Å². The van der Waals surface area contributed by atoms with E-state index in [1.165, 1.54) is 0 Å². The van der Waals surface area contributed by atoms with E-state index in [1.54, 1.807) is 23.1 Å². The van der Waals surface area contributed by atoms with Gasteiger partial charge in [0.05, 0.1) is 11.4 Å². The first-order valence-electron chi connectivity index (χ1n) is 8.50. The molecule has 4 rings (SSSR count). The van der Waals surface area contributed by atoms with Crippen LogP contribution in [0.1, 0.15) is 12.6 Å². The SMILES string of the molecule is CSc1cc(-c2nc(C)cs2)ccc1Nc1cc(Cl)nc2c1NC(C)N2PI. The van der Waals surface area contributed by atoms with Gasteiger partial charge in [-0.25, -0.2) is 9.97 Å². The van der Waals surface area contributed by atoms with Crippen LogP contribution in [-0.4, -0.2) is 22.4 Å². The van der Waals surface area contributed by atoms with Gasteiger partial charge in [0.15, 0.2) is 5.82 Å². The third-order valence-corrected chi connectivity index (χ3v) is 8.69. The average molecular weight is 562 g/mol. The van der Waals surface area contributed by atoms with E-state index < -0.39 is 0 Å². The molecule has 0 saturated carbocycles. The van der Waals surface area contributed by atoms with Gasteiger partial charge in [0, 0.05) is 34.0 Å². The fourth-order valence-electron chi connectivity index (χ4n) is 3.05. The number of halogens is 2. The summed E-state index contributed by atoms with van der Waals surface area (Å²) in [6.45, 7) is 4.15. The Bertz CT molecular complexity index is 1030. The summed E-state index contributed by atoms with van der Waals surface area (Å²) >= 11 is 12.1. The normalized spacial score (nSPS) is 15.9. The van der Waals surface area contributed by atoms with Crippen molar-refractivity contribution in [1.82, 2.24) is 9.97 Å². The number of hydrogen-bond acceptors (Lipinski definition) is 7. The zero-order valence-electron chi connectivity index (χ0n) is 15.4. The van der Waals surface area contributed by atoms with Crippen LogP contribution < -0.4 is 15.3 Å². The maximum atomic E-state index is 6.33. The molecule has 1 aliphatic heterocycles. The fourth-order valence-corrected chi connectivity index (χ4v) is 7.00. The lowest BCUT2D eigenvalue weighted by Gasteiger charge is -2.18. The minimum Gasteiger partial charge on any atom is -0.360 e. The van der Waals surface area contributed by atoms with Gasteiger partial charge < -0.3 is 15.3 Å². The molecule has 0 aliphatic carbocycles. The molecule has 146 valence electrons. The van der Waals surface area contributed by atoms with Crippen LogP contribution >= 0.6 is 63.1 Å². The van der Waals surface area contributed by atoms with Crippen LogP contribution in [0.4, 0.5) is 22.9 Å². The number of thioether (sulfide) groups is 1. The molecule has 0 radical (unpaired) electrons. The predicted molar refractivity (Wildman–Crippen MR) is 134 cm³/mol. The molecule has 5 nitrogen and oxygen atoms in total. The van der Waals surface area contributed by atoms with Gasteiger partial charge in [-0.2, -0.15) is 0 Å². The topological polar surface area (TPSA) is 53.1 Å². The largest absolute Gasteiger partial charge is 0.360 e. The highest BCUT2D eigenvalue weighted by molar-refractivity contribution is 14.2. The van der Waals surface area contributed by atoms with E-state index in [-0.39, 0.29) is 6.17 Å². The van der Waals surface area contributed by atoms with Crippen LogP contribution in [-0.2, 0) is 0 Å². The van der Waals surface area contributed by atoms with Gasteiger partial charge in [-0.1, -0.05) is 11.6 Å². The second-order valence-corrected chi connectivity index (χ2v) is 10.5. The van der Waals surface area contributed by atoms with Gasteiger partial charge in [0.25, 0.3) is 0 Å². The number of fused-ring (bicyclic) bond motifs is 1. The summed E-state index contributed by atoms with van der Waals surface area (Å²) < 4.78 is 2.22. The number of nitrogens with zero attached hydrogens (tertiary/aromatic N) is 3. The molecule has 2 aromatic heterocycles. The van der Waals surface area contributed by atoms with Crippen LogP contribution in [0.15, 0.2) is 34.5 Å². The Labute approximate surface area is 192 Å². The molecular formula is C18H18ClIN5PS2. The number of benzene rings is 1. The number of anilines is 4. The summed E-state index contributed by atoms with van der Waals surface area (Å²) in [4.78, 5) is 10.3. The summed E-state index contributed by atoms with van der Waals surface area (Å²) in [5.41, 5.74) is 5.16. The highest BCUT2D eigenvalue weighted by atomic mass is 127. The summed E-state index contributed by atoms with van der Waals surface area (Å²) in [6, 6.07) is 8.28. The van der Waals surface area contributed by atoms with E-state index in [4.69, 9.17) is 11.6 Å². The summed E-state index contributed by atoms with van der Waals surface area (Å²) in [5.74, 6) is 0.899. The zero-order valence-corrected chi connectivity index (χ0v) is 20.9. The summed E-state index contributed by atoms with van der Waals surface area (Å²) in [7, 11) is 0. The molecule has 1 aromatic carbocycles. The molecule has 3 aromatic rings. The molecule has 28 heavy (non-hydrogen) atoms. The molecule has 1 aliphatic rings. The van der Waals surface area contributed by atoms with Gasteiger partial charge in [-0.05, 0) is 60.3 Å². The summed E-state index contributed by atoms with van der Waals surface area (Å²) in [5, 5.41) is 10.7. The maximum absolute atomic E-state index is 6.33. The van der Waals surface area contributed by atoms with Gasteiger partial charge >= 0.3 is 0 Å². The molecule has 2 atom stereocenters. The van der Waals surface area contributed by atoms with Crippen LogP contribution in [0, 0.1) is 6.92 Å². The molecular weight excluding hydrogens is 544 g/mol.